The van der Waals surface area contributed by atoms with Crippen molar-refractivity contribution in [2.24, 2.45) is 0 Å². The molecular weight excluding hydrogens is 188 g/mol. The Bertz CT molecular complexity index is 198. The van der Waals surface area contributed by atoms with Gasteiger partial charge in [0.15, 0.2) is 0 Å². The van der Waals surface area contributed by atoms with Gasteiger partial charge in [0.1, 0.15) is 0 Å². The van der Waals surface area contributed by atoms with E-state index in [0.717, 1.165) is 19.2 Å². The maximum absolute atomic E-state index is 5.65. The van der Waals surface area contributed by atoms with Gasteiger partial charge < -0.3 is 10.1 Å². The van der Waals surface area contributed by atoms with Gasteiger partial charge in [-0.25, -0.2) is 0 Å². The average molecular weight is 212 g/mol. The van der Waals surface area contributed by atoms with Gasteiger partial charge in [0.05, 0.1) is 6.10 Å². The Morgan fingerprint density at radius 1 is 1.33 bits per heavy atom. The maximum atomic E-state index is 5.65. The van der Waals surface area contributed by atoms with E-state index in [2.05, 4.69) is 24.1 Å². The Morgan fingerprint density at radius 3 is 2.87 bits per heavy atom. The average Bonchev–Trinajstić information content (AvgIpc) is 2.54. The highest BCUT2D eigenvalue weighted by Crippen LogP contribution is 2.20. The van der Waals surface area contributed by atoms with Crippen molar-refractivity contribution in [3.63, 3.8) is 0 Å². The normalized spacial score (nSPS) is 39.2. The molecule has 0 aromatic carbocycles. The molecule has 3 atom stereocenters. The van der Waals surface area contributed by atoms with Crippen molar-refractivity contribution in [3.05, 3.63) is 0 Å². The molecule has 2 aliphatic heterocycles. The summed E-state index contributed by atoms with van der Waals surface area (Å²) in [5.74, 6) is 0. The molecule has 2 heterocycles. The SMILES string of the molecule is CCC1CCN(C2CCOC2C)CCN1. The molecular formula is C12H24N2O. The highest BCUT2D eigenvalue weighted by molar-refractivity contribution is 4.85. The van der Waals surface area contributed by atoms with Crippen molar-refractivity contribution in [3.8, 4) is 0 Å². The van der Waals surface area contributed by atoms with Crippen molar-refractivity contribution in [2.45, 2.75) is 51.3 Å². The van der Waals surface area contributed by atoms with Crippen LogP contribution in [-0.2, 0) is 4.74 Å². The number of ether oxygens (including phenoxy) is 1. The minimum absolute atomic E-state index is 0.433. The molecule has 0 bridgehead atoms. The van der Waals surface area contributed by atoms with E-state index in [4.69, 9.17) is 4.74 Å². The molecule has 0 radical (unpaired) electrons. The van der Waals surface area contributed by atoms with Gasteiger partial charge in [-0.15, -0.1) is 0 Å². The van der Waals surface area contributed by atoms with Gasteiger partial charge in [0.25, 0.3) is 0 Å². The molecule has 2 aliphatic rings. The third-order valence-corrected chi connectivity index (χ3v) is 3.89. The lowest BCUT2D eigenvalue weighted by atomic mass is 10.1. The second-order valence-corrected chi connectivity index (χ2v) is 4.82. The zero-order valence-corrected chi connectivity index (χ0v) is 10.0. The summed E-state index contributed by atoms with van der Waals surface area (Å²) in [7, 11) is 0. The first kappa shape index (κ1) is 11.4. The molecule has 3 heteroatoms. The lowest BCUT2D eigenvalue weighted by Crippen LogP contribution is -2.41. The van der Waals surface area contributed by atoms with Crippen molar-refractivity contribution in [1.29, 1.82) is 0 Å². The Morgan fingerprint density at radius 2 is 2.20 bits per heavy atom. The van der Waals surface area contributed by atoms with E-state index in [9.17, 15) is 0 Å². The summed E-state index contributed by atoms with van der Waals surface area (Å²) >= 11 is 0. The van der Waals surface area contributed by atoms with Crippen LogP contribution in [0.5, 0.6) is 0 Å². The fourth-order valence-electron chi connectivity index (χ4n) is 2.83. The van der Waals surface area contributed by atoms with Crippen LogP contribution in [0, 0.1) is 0 Å². The topological polar surface area (TPSA) is 24.5 Å². The lowest BCUT2D eigenvalue weighted by Gasteiger charge is -2.29. The van der Waals surface area contributed by atoms with Crippen LogP contribution in [0.4, 0.5) is 0 Å². The van der Waals surface area contributed by atoms with Crippen molar-refractivity contribution < 1.29 is 4.74 Å². The van der Waals surface area contributed by atoms with Gasteiger partial charge >= 0.3 is 0 Å². The van der Waals surface area contributed by atoms with Crippen LogP contribution < -0.4 is 5.32 Å². The summed E-state index contributed by atoms with van der Waals surface area (Å²) in [4.78, 5) is 2.63. The molecule has 15 heavy (non-hydrogen) atoms. The first-order valence-corrected chi connectivity index (χ1v) is 6.40. The summed E-state index contributed by atoms with van der Waals surface area (Å²) in [5, 5.41) is 3.62. The van der Waals surface area contributed by atoms with E-state index < -0.39 is 0 Å². The van der Waals surface area contributed by atoms with Gasteiger partial charge in [-0.1, -0.05) is 6.92 Å². The molecule has 0 saturated carbocycles. The van der Waals surface area contributed by atoms with Crippen LogP contribution in [0.25, 0.3) is 0 Å². The van der Waals surface area contributed by atoms with Gasteiger partial charge in [-0.05, 0) is 26.2 Å². The number of hydrogen-bond acceptors (Lipinski definition) is 3. The molecule has 0 amide bonds. The second kappa shape index (κ2) is 5.28. The predicted octanol–water partition coefficient (Wildman–Crippen LogP) is 1.24. The Balaban J connectivity index is 1.87. The third kappa shape index (κ3) is 2.71. The quantitative estimate of drug-likeness (QED) is 0.745. The number of rotatable bonds is 2. The molecule has 3 unspecified atom stereocenters. The molecule has 0 aromatic heterocycles. The van der Waals surface area contributed by atoms with Crippen LogP contribution in [0.3, 0.4) is 0 Å². The minimum Gasteiger partial charge on any atom is -0.377 e. The maximum Gasteiger partial charge on any atom is 0.0703 e. The van der Waals surface area contributed by atoms with Crippen LogP contribution in [-0.4, -0.2) is 49.3 Å². The first-order valence-electron chi connectivity index (χ1n) is 6.40. The summed E-state index contributed by atoms with van der Waals surface area (Å²) < 4.78 is 5.65. The Kier molecular flexibility index (Phi) is 4.00. The van der Waals surface area contributed by atoms with Gasteiger partial charge in [-0.2, -0.15) is 0 Å². The highest BCUT2D eigenvalue weighted by Gasteiger charge is 2.30. The molecule has 3 nitrogen and oxygen atoms in total. The summed E-state index contributed by atoms with van der Waals surface area (Å²) in [5.41, 5.74) is 0. The number of nitrogens with zero attached hydrogens (tertiary/aromatic N) is 1. The summed E-state index contributed by atoms with van der Waals surface area (Å²) in [6.45, 7) is 9.01. The third-order valence-electron chi connectivity index (χ3n) is 3.89. The van der Waals surface area contributed by atoms with E-state index in [1.807, 2.05) is 0 Å². The number of hydrogen-bond donors (Lipinski definition) is 1. The van der Waals surface area contributed by atoms with E-state index in [0.29, 0.717) is 12.1 Å². The van der Waals surface area contributed by atoms with E-state index in [1.165, 1.54) is 32.4 Å². The largest absolute Gasteiger partial charge is 0.377 e. The molecule has 2 rings (SSSR count). The van der Waals surface area contributed by atoms with Crippen molar-refractivity contribution in [2.75, 3.05) is 26.2 Å². The summed E-state index contributed by atoms with van der Waals surface area (Å²) in [6, 6.07) is 1.40. The minimum atomic E-state index is 0.433. The van der Waals surface area contributed by atoms with Gasteiger partial charge in [0, 0.05) is 38.3 Å². The monoisotopic (exact) mass is 212 g/mol. The van der Waals surface area contributed by atoms with E-state index in [-0.39, 0.29) is 0 Å². The molecule has 2 saturated heterocycles. The van der Waals surface area contributed by atoms with Gasteiger partial charge in [0.2, 0.25) is 0 Å². The predicted molar refractivity (Wildman–Crippen MR) is 62.1 cm³/mol. The van der Waals surface area contributed by atoms with E-state index in [1.54, 1.807) is 0 Å². The molecule has 0 spiro atoms. The lowest BCUT2D eigenvalue weighted by molar-refractivity contribution is 0.0763. The fraction of sp³-hybridized carbons (Fsp3) is 1.00. The number of nitrogens with one attached hydrogen (secondary N) is 1. The standard InChI is InChI=1S/C12H24N2O/c1-3-11-4-7-14(8-6-13-11)12-5-9-15-10(12)2/h10-13H,3-9H2,1-2H3. The Hall–Kier alpha value is -0.120. The van der Waals surface area contributed by atoms with Crippen molar-refractivity contribution in [1.82, 2.24) is 10.2 Å². The van der Waals surface area contributed by atoms with Crippen LogP contribution in [0.1, 0.15) is 33.1 Å². The smallest absolute Gasteiger partial charge is 0.0703 e. The first-order chi connectivity index (χ1) is 7.31. The molecule has 1 N–H and O–H groups in total. The zero-order chi connectivity index (χ0) is 10.7. The molecule has 88 valence electrons. The fourth-order valence-corrected chi connectivity index (χ4v) is 2.83. The van der Waals surface area contributed by atoms with E-state index >= 15 is 0 Å². The van der Waals surface area contributed by atoms with Crippen LogP contribution in [0.15, 0.2) is 0 Å². The summed E-state index contributed by atoms with van der Waals surface area (Å²) in [6.07, 6.45) is 4.20. The zero-order valence-electron chi connectivity index (χ0n) is 10.0. The Labute approximate surface area is 93.2 Å². The highest BCUT2D eigenvalue weighted by atomic mass is 16.5. The second-order valence-electron chi connectivity index (χ2n) is 4.82. The van der Waals surface area contributed by atoms with Crippen molar-refractivity contribution >= 4 is 0 Å². The van der Waals surface area contributed by atoms with Crippen LogP contribution in [0.2, 0.25) is 0 Å². The van der Waals surface area contributed by atoms with Gasteiger partial charge in [-0.3, -0.25) is 4.90 Å². The molecule has 0 aromatic rings. The van der Waals surface area contributed by atoms with Crippen LogP contribution >= 0.6 is 0 Å². The molecule has 0 aliphatic carbocycles. The molecule has 2 fully saturated rings.